The predicted octanol–water partition coefficient (Wildman–Crippen LogP) is 13.0. The minimum atomic E-state index is -4.21. The molecule has 0 heterocycles. The van der Waals surface area contributed by atoms with Crippen LogP contribution in [0.5, 0.6) is 11.5 Å². The van der Waals surface area contributed by atoms with Gasteiger partial charge in [-0.25, -0.2) is 16.8 Å². The average molecular weight is 978 g/mol. The van der Waals surface area contributed by atoms with Crippen molar-refractivity contribution in [2.45, 2.75) is 128 Å². The topological polar surface area (TPSA) is 86.7 Å². The third-order valence-corrected chi connectivity index (χ3v) is 29.4. The van der Waals surface area contributed by atoms with Gasteiger partial charge in [0, 0.05) is 32.2 Å². The largest absolute Gasteiger partial charge is 0.497 e. The minimum Gasteiger partial charge on any atom is -0.497 e. The molecule has 10 heteroatoms. The number of fused-ring (bicyclic) bond motifs is 5. The molecule has 10 unspecified atom stereocenters. The van der Waals surface area contributed by atoms with E-state index in [4.69, 9.17) is 30.8 Å². The van der Waals surface area contributed by atoms with Crippen molar-refractivity contribution in [2.75, 3.05) is 14.2 Å². The molecular weight excluding hydrogens is 928 g/mol. The van der Waals surface area contributed by atoms with E-state index < -0.39 is 22.2 Å². The molecule has 0 aromatic heterocycles. The number of benzene rings is 5. The van der Waals surface area contributed by atoms with E-state index in [2.05, 4.69) is 48.5 Å². The van der Waals surface area contributed by atoms with E-state index in [1.54, 1.807) is 0 Å². The van der Waals surface area contributed by atoms with Gasteiger partial charge in [-0.1, -0.05) is 24.3 Å². The molecule has 0 bridgehead atoms. The van der Waals surface area contributed by atoms with Gasteiger partial charge >= 0.3 is 0 Å². The van der Waals surface area contributed by atoms with Crippen LogP contribution >= 0.6 is 21.4 Å². The van der Waals surface area contributed by atoms with Crippen molar-refractivity contribution in [1.29, 1.82) is 0 Å². The first-order chi connectivity index (χ1) is 32.7. The predicted molar refractivity (Wildman–Crippen MR) is 265 cm³/mol. The summed E-state index contributed by atoms with van der Waals surface area (Å²) in [4.78, 5) is 0. The Kier molecular flexibility index (Phi) is 6.36. The van der Waals surface area contributed by atoms with E-state index in [0.29, 0.717) is 11.8 Å². The highest BCUT2D eigenvalue weighted by molar-refractivity contribution is 8.29. The van der Waals surface area contributed by atoms with E-state index in [0.717, 1.165) is 72.7 Å². The summed E-state index contributed by atoms with van der Waals surface area (Å²) in [5.41, 5.74) is 29.7. The molecule has 14 aliphatic carbocycles. The monoisotopic (exact) mass is 976 g/mol. The van der Waals surface area contributed by atoms with Crippen LogP contribution in [0.3, 0.4) is 0 Å². The van der Waals surface area contributed by atoms with Crippen molar-refractivity contribution in [2.24, 2.45) is 29.1 Å². The summed E-state index contributed by atoms with van der Waals surface area (Å²) in [5.74, 6) is 9.29. The van der Waals surface area contributed by atoms with Crippen molar-refractivity contribution in [3.63, 3.8) is 0 Å². The fraction of sp³-hybridized carbons (Fsp3) is 0.483. The van der Waals surface area contributed by atoms with Gasteiger partial charge in [0.15, 0.2) is 4.08 Å². The zero-order valence-corrected chi connectivity index (χ0v) is 41.6. The Morgan fingerprint density at radius 3 is 1.10 bits per heavy atom. The molecule has 2 fully saturated rings. The first-order valence-electron chi connectivity index (χ1n) is 25.6. The molecule has 0 saturated heterocycles. The van der Waals surface area contributed by atoms with Gasteiger partial charge in [-0.2, -0.15) is 0 Å². The van der Waals surface area contributed by atoms with Crippen LogP contribution in [0.25, 0.3) is 32.7 Å². The van der Waals surface area contributed by atoms with Crippen LogP contribution in [0.1, 0.15) is 180 Å². The second kappa shape index (κ2) is 11.1. The van der Waals surface area contributed by atoms with Crippen molar-refractivity contribution in [3.8, 4) is 11.5 Å². The van der Waals surface area contributed by atoms with E-state index in [9.17, 15) is 16.8 Å². The lowest BCUT2D eigenvalue weighted by molar-refractivity contribution is 0.296. The maximum atomic E-state index is 10.6. The molecule has 5 aromatic rings. The van der Waals surface area contributed by atoms with Crippen LogP contribution in [0.15, 0.2) is 59.7 Å². The summed E-state index contributed by atoms with van der Waals surface area (Å²) in [6, 6.07) is 19.5. The van der Waals surface area contributed by atoms with Crippen molar-refractivity contribution >= 4 is 72.2 Å². The van der Waals surface area contributed by atoms with E-state index >= 15 is 0 Å². The quantitative estimate of drug-likeness (QED) is 0.124. The Bertz CT molecular complexity index is 3540. The maximum Gasteiger partial charge on any atom is 0.253 e. The molecule has 2 saturated carbocycles. The lowest BCUT2D eigenvalue weighted by Gasteiger charge is -2.40. The molecule has 19 rings (SSSR count). The number of hydrogen-bond acceptors (Lipinski definition) is 6. The van der Waals surface area contributed by atoms with Gasteiger partial charge in [-0.15, -0.1) is 0 Å². The lowest BCUT2D eigenvalue weighted by Crippen LogP contribution is -2.34. The number of methoxy groups -OCH3 is 2. The Balaban J connectivity index is 0.000000313. The van der Waals surface area contributed by atoms with Crippen LogP contribution in [-0.2, 0) is 28.9 Å². The van der Waals surface area contributed by atoms with E-state index in [1.165, 1.54) is 75.3 Å². The van der Waals surface area contributed by atoms with Crippen LogP contribution < -0.4 is 9.47 Å². The van der Waals surface area contributed by atoms with Gasteiger partial charge in [-0.3, -0.25) is 0 Å². The molecular formula is C58H50Cl2O6S2. The van der Waals surface area contributed by atoms with Crippen LogP contribution in [-0.4, -0.2) is 35.1 Å². The highest BCUT2D eigenvalue weighted by Gasteiger charge is 2.98. The zero-order valence-electron chi connectivity index (χ0n) is 38.5. The fourth-order valence-electron chi connectivity index (χ4n) is 21.4. The lowest BCUT2D eigenvalue weighted by atomic mass is 9.62. The number of rotatable bonds is 6. The molecule has 14 aliphatic rings. The first-order valence-corrected chi connectivity index (χ1v) is 30.3. The molecule has 0 aliphatic heterocycles. The number of ether oxygens (including phenoxy) is 2. The van der Waals surface area contributed by atoms with Crippen LogP contribution in [0, 0.1) is 29.1 Å². The first kappa shape index (κ1) is 38.9. The molecule has 0 N–H and O–H groups in total. The van der Waals surface area contributed by atoms with Crippen LogP contribution in [0.4, 0.5) is 0 Å². The van der Waals surface area contributed by atoms with Gasteiger partial charge in [-0.05, 0) is 272 Å². The molecule has 344 valence electrons. The normalized spacial score (nSPS) is 37.0. The summed E-state index contributed by atoms with van der Waals surface area (Å²) in [6.07, 6.45) is 14.3. The van der Waals surface area contributed by atoms with E-state index in [-0.39, 0.29) is 16.2 Å². The fourth-order valence-corrected chi connectivity index (χ4v) is 24.1. The van der Waals surface area contributed by atoms with Gasteiger partial charge in [0.1, 0.15) is 11.5 Å². The molecule has 2 spiro atoms. The SMILES string of the molecule is CC(C)(S(=O)(=O)Cl)S(=O)(=O)Cl.COc1ccc(C2(c3ccc(OC)cc3)C34C5=C6c7c8c9c%10c%11c%12c%13c%14c%15c(c%16c%13c%10c7C%1632)C2=C4C3CCC2C%15CCC%14C%12CCC%11C9CCC8C6CCC53)cc1. The highest BCUT2D eigenvalue weighted by atomic mass is 35.7. The standard InChI is InChI=1S/C55H44O2.C3H6Cl2O4S2/c1-56-23-7-3-21(4-8-23)53(22-5-9-24(57-2)10-6-22)54-49-33-19-17-31-29-15-13-27-25-11-12-26-28-14-16-30-32-18-20-34(33)50(54)42(32)46-40(30)38(28)44-36(26)35(25)43-37(27)39(29)45(41(31)49)51-47(43)48(44)52(46)55(51,53)54;1-3(2,10(4,6)7)11(5,8)9/h3-10,25-34H,11-20H2,1-2H3;1-2H3. The highest BCUT2D eigenvalue weighted by Crippen LogP contribution is 3.01. The molecule has 6 nitrogen and oxygen atoms in total. The van der Waals surface area contributed by atoms with Gasteiger partial charge < -0.3 is 9.47 Å². The smallest absolute Gasteiger partial charge is 0.253 e. The van der Waals surface area contributed by atoms with Crippen LogP contribution in [0.2, 0.25) is 0 Å². The van der Waals surface area contributed by atoms with E-state index in [1.807, 2.05) is 114 Å². The van der Waals surface area contributed by atoms with Gasteiger partial charge in [0.05, 0.1) is 19.6 Å². The molecule has 0 amide bonds. The summed E-state index contributed by atoms with van der Waals surface area (Å²) in [5, 5.41) is 7.37. The maximum absolute atomic E-state index is 10.6. The number of allylic oxidation sites excluding steroid dienone is 4. The molecule has 68 heavy (non-hydrogen) atoms. The minimum absolute atomic E-state index is 0.0247. The third-order valence-electron chi connectivity index (χ3n) is 22.8. The zero-order chi connectivity index (χ0) is 45.6. The Hall–Kier alpha value is -3.82. The summed E-state index contributed by atoms with van der Waals surface area (Å²) >= 11 is 0. The van der Waals surface area contributed by atoms with Crippen molar-refractivity contribution in [1.82, 2.24) is 0 Å². The third kappa shape index (κ3) is 3.33. The number of hydrogen-bond donors (Lipinski definition) is 0. The molecule has 5 aromatic carbocycles. The second-order valence-corrected chi connectivity index (χ2v) is 30.6. The van der Waals surface area contributed by atoms with Gasteiger partial charge in [0.2, 0.25) is 0 Å². The molecule has 10 atom stereocenters. The summed E-state index contributed by atoms with van der Waals surface area (Å²) in [6.45, 7) is 1.83. The second-order valence-electron chi connectivity index (χ2n) is 24.1. The Morgan fingerprint density at radius 1 is 0.441 bits per heavy atom. The number of halogens is 2. The Labute approximate surface area is 405 Å². The van der Waals surface area contributed by atoms with Crippen molar-refractivity contribution in [3.05, 3.63) is 126 Å². The Morgan fingerprint density at radius 2 is 0.765 bits per heavy atom. The summed E-state index contributed by atoms with van der Waals surface area (Å²) in [7, 11) is 4.91. The average Bonchev–Trinajstić information content (AvgIpc) is 3.97. The van der Waals surface area contributed by atoms with Crippen molar-refractivity contribution < 1.29 is 26.3 Å². The van der Waals surface area contributed by atoms with Gasteiger partial charge in [0.25, 0.3) is 18.1 Å². The molecule has 0 radical (unpaired) electrons. The summed E-state index contributed by atoms with van der Waals surface area (Å²) < 4.78 is 52.2.